The standard InChI is InChI=1S/C14H23BrN2O/c1-5-17-13(14(18-4)10(2)3)7-11-6-12(15)9-16-8-11/h6,8-10,13-14,17H,5,7H2,1-4H3. The highest BCUT2D eigenvalue weighted by atomic mass is 79.9. The van der Waals surface area contributed by atoms with Crippen molar-refractivity contribution in [2.24, 2.45) is 5.92 Å². The summed E-state index contributed by atoms with van der Waals surface area (Å²) in [6.45, 7) is 7.45. The normalized spacial score (nSPS) is 14.8. The van der Waals surface area contributed by atoms with E-state index in [1.54, 1.807) is 7.11 Å². The number of nitrogens with zero attached hydrogens (tertiary/aromatic N) is 1. The van der Waals surface area contributed by atoms with Gasteiger partial charge in [-0.3, -0.25) is 4.98 Å². The second-order valence-corrected chi connectivity index (χ2v) is 5.74. The minimum Gasteiger partial charge on any atom is -0.380 e. The largest absolute Gasteiger partial charge is 0.380 e. The zero-order valence-electron chi connectivity index (χ0n) is 11.6. The molecule has 0 aliphatic carbocycles. The number of rotatable bonds is 7. The number of aromatic nitrogens is 1. The molecular formula is C14H23BrN2O. The minimum atomic E-state index is 0.212. The zero-order chi connectivity index (χ0) is 13.5. The van der Waals surface area contributed by atoms with Crippen molar-refractivity contribution in [1.82, 2.24) is 10.3 Å². The molecule has 0 radical (unpaired) electrons. The SMILES string of the molecule is CCNC(Cc1cncc(Br)c1)C(OC)C(C)C. The highest BCUT2D eigenvalue weighted by molar-refractivity contribution is 9.10. The quantitative estimate of drug-likeness (QED) is 0.840. The first kappa shape index (κ1) is 15.6. The Labute approximate surface area is 118 Å². The molecule has 2 unspecified atom stereocenters. The van der Waals surface area contributed by atoms with Crippen molar-refractivity contribution in [2.45, 2.75) is 39.3 Å². The third kappa shape index (κ3) is 4.67. The fraction of sp³-hybridized carbons (Fsp3) is 0.643. The van der Waals surface area contributed by atoms with Gasteiger partial charge in [0.1, 0.15) is 0 Å². The van der Waals surface area contributed by atoms with Gasteiger partial charge in [-0.05, 0) is 46.4 Å². The molecule has 2 atom stereocenters. The zero-order valence-corrected chi connectivity index (χ0v) is 13.2. The Balaban J connectivity index is 2.79. The minimum absolute atomic E-state index is 0.212. The van der Waals surface area contributed by atoms with Gasteiger partial charge in [0.25, 0.3) is 0 Å². The van der Waals surface area contributed by atoms with Crippen LogP contribution in [-0.4, -0.2) is 30.8 Å². The average Bonchev–Trinajstić information content (AvgIpc) is 2.29. The number of pyridine rings is 1. The summed E-state index contributed by atoms with van der Waals surface area (Å²) in [6.07, 6.45) is 4.87. The number of methoxy groups -OCH3 is 1. The van der Waals surface area contributed by atoms with Gasteiger partial charge in [-0.25, -0.2) is 0 Å². The fourth-order valence-corrected chi connectivity index (χ4v) is 2.70. The third-order valence-electron chi connectivity index (χ3n) is 3.01. The van der Waals surface area contributed by atoms with Gasteiger partial charge in [-0.2, -0.15) is 0 Å². The molecule has 0 fully saturated rings. The molecule has 102 valence electrons. The Bertz CT molecular complexity index is 357. The van der Waals surface area contributed by atoms with Crippen molar-refractivity contribution in [3.8, 4) is 0 Å². The van der Waals surface area contributed by atoms with Crippen molar-refractivity contribution >= 4 is 15.9 Å². The summed E-state index contributed by atoms with van der Waals surface area (Å²) in [5.41, 5.74) is 1.22. The molecule has 3 nitrogen and oxygen atoms in total. The molecule has 0 aromatic carbocycles. The Morgan fingerprint density at radius 1 is 1.39 bits per heavy atom. The van der Waals surface area contributed by atoms with Crippen LogP contribution in [0, 0.1) is 5.92 Å². The monoisotopic (exact) mass is 314 g/mol. The molecule has 0 amide bonds. The van der Waals surface area contributed by atoms with Gasteiger partial charge < -0.3 is 10.1 Å². The molecule has 4 heteroatoms. The van der Waals surface area contributed by atoms with Gasteiger partial charge in [0.15, 0.2) is 0 Å². The van der Waals surface area contributed by atoms with Crippen LogP contribution in [0.3, 0.4) is 0 Å². The van der Waals surface area contributed by atoms with Crippen molar-refractivity contribution in [3.05, 3.63) is 28.5 Å². The van der Waals surface area contributed by atoms with E-state index in [4.69, 9.17) is 4.74 Å². The van der Waals surface area contributed by atoms with Gasteiger partial charge in [0.05, 0.1) is 6.10 Å². The lowest BCUT2D eigenvalue weighted by Gasteiger charge is -2.29. The molecule has 0 aliphatic rings. The van der Waals surface area contributed by atoms with E-state index in [0.29, 0.717) is 12.0 Å². The number of likely N-dealkylation sites (N-methyl/N-ethyl adjacent to an activating group) is 1. The van der Waals surface area contributed by atoms with Crippen LogP contribution < -0.4 is 5.32 Å². The Hall–Kier alpha value is -0.450. The highest BCUT2D eigenvalue weighted by Gasteiger charge is 2.23. The molecule has 0 spiro atoms. The van der Waals surface area contributed by atoms with Crippen LogP contribution in [0.5, 0.6) is 0 Å². The molecule has 0 bridgehead atoms. The maximum atomic E-state index is 5.63. The van der Waals surface area contributed by atoms with E-state index in [2.05, 4.69) is 53.1 Å². The second kappa shape index (κ2) is 7.87. The van der Waals surface area contributed by atoms with Crippen molar-refractivity contribution < 1.29 is 4.74 Å². The van der Waals surface area contributed by atoms with Crippen LogP contribution in [0.1, 0.15) is 26.3 Å². The Morgan fingerprint density at radius 3 is 2.61 bits per heavy atom. The summed E-state index contributed by atoms with van der Waals surface area (Å²) in [6, 6.07) is 2.43. The number of hydrogen-bond acceptors (Lipinski definition) is 3. The number of halogens is 1. The molecule has 1 aromatic rings. The lowest BCUT2D eigenvalue weighted by Crippen LogP contribution is -2.45. The predicted molar refractivity (Wildman–Crippen MR) is 78.7 cm³/mol. The van der Waals surface area contributed by atoms with Crippen LogP contribution >= 0.6 is 15.9 Å². The van der Waals surface area contributed by atoms with Crippen molar-refractivity contribution in [1.29, 1.82) is 0 Å². The van der Waals surface area contributed by atoms with E-state index in [1.165, 1.54) is 5.56 Å². The second-order valence-electron chi connectivity index (χ2n) is 4.82. The average molecular weight is 315 g/mol. The molecule has 18 heavy (non-hydrogen) atoms. The molecule has 1 heterocycles. The summed E-state index contributed by atoms with van der Waals surface area (Å²) < 4.78 is 6.66. The van der Waals surface area contributed by atoms with Gasteiger partial charge in [-0.1, -0.05) is 20.8 Å². The molecule has 1 N–H and O–H groups in total. The lowest BCUT2D eigenvalue weighted by molar-refractivity contribution is 0.0337. The highest BCUT2D eigenvalue weighted by Crippen LogP contribution is 2.17. The topological polar surface area (TPSA) is 34.2 Å². The van der Waals surface area contributed by atoms with E-state index in [1.807, 2.05) is 12.4 Å². The smallest absolute Gasteiger partial charge is 0.0750 e. The van der Waals surface area contributed by atoms with Crippen LogP contribution in [0.4, 0.5) is 0 Å². The van der Waals surface area contributed by atoms with E-state index in [9.17, 15) is 0 Å². The lowest BCUT2D eigenvalue weighted by atomic mass is 9.94. The van der Waals surface area contributed by atoms with E-state index in [-0.39, 0.29) is 6.10 Å². The van der Waals surface area contributed by atoms with Crippen molar-refractivity contribution in [2.75, 3.05) is 13.7 Å². The first-order valence-corrected chi connectivity index (χ1v) is 7.23. The first-order chi connectivity index (χ1) is 8.58. The van der Waals surface area contributed by atoms with Crippen LogP contribution in [0.2, 0.25) is 0 Å². The maximum absolute atomic E-state index is 5.63. The van der Waals surface area contributed by atoms with Crippen LogP contribution in [-0.2, 0) is 11.2 Å². The molecule has 1 rings (SSSR count). The third-order valence-corrected chi connectivity index (χ3v) is 3.44. The summed E-state index contributed by atoms with van der Waals surface area (Å²) in [5.74, 6) is 0.485. The van der Waals surface area contributed by atoms with Gasteiger partial charge in [0.2, 0.25) is 0 Å². The Kier molecular flexibility index (Phi) is 6.82. The molecular weight excluding hydrogens is 292 g/mol. The summed E-state index contributed by atoms with van der Waals surface area (Å²) in [4.78, 5) is 4.21. The summed E-state index contributed by atoms with van der Waals surface area (Å²) in [7, 11) is 1.79. The fourth-order valence-electron chi connectivity index (χ4n) is 2.29. The van der Waals surface area contributed by atoms with E-state index >= 15 is 0 Å². The predicted octanol–water partition coefficient (Wildman–Crippen LogP) is 3.04. The van der Waals surface area contributed by atoms with Gasteiger partial charge in [-0.15, -0.1) is 0 Å². The van der Waals surface area contributed by atoms with Crippen LogP contribution in [0.25, 0.3) is 0 Å². The summed E-state index contributed by atoms with van der Waals surface area (Å²) in [5, 5.41) is 3.51. The number of nitrogens with one attached hydrogen (secondary N) is 1. The van der Waals surface area contributed by atoms with Gasteiger partial charge >= 0.3 is 0 Å². The molecule has 0 saturated carbocycles. The van der Waals surface area contributed by atoms with E-state index < -0.39 is 0 Å². The van der Waals surface area contributed by atoms with E-state index in [0.717, 1.165) is 17.4 Å². The Morgan fingerprint density at radius 2 is 2.11 bits per heavy atom. The van der Waals surface area contributed by atoms with Crippen molar-refractivity contribution in [3.63, 3.8) is 0 Å². The van der Waals surface area contributed by atoms with Gasteiger partial charge in [0, 0.05) is 30.0 Å². The number of ether oxygens (including phenoxy) is 1. The van der Waals surface area contributed by atoms with Crippen LogP contribution in [0.15, 0.2) is 22.9 Å². The molecule has 0 saturated heterocycles. The molecule has 1 aromatic heterocycles. The summed E-state index contributed by atoms with van der Waals surface area (Å²) >= 11 is 3.46. The maximum Gasteiger partial charge on any atom is 0.0750 e. The molecule has 0 aliphatic heterocycles. The number of hydrogen-bond donors (Lipinski definition) is 1. The first-order valence-electron chi connectivity index (χ1n) is 6.44.